The molecule has 0 atom stereocenters. The first-order valence-electron chi connectivity index (χ1n) is 6.51. The molecule has 0 saturated carbocycles. The molecule has 20 heavy (non-hydrogen) atoms. The van der Waals surface area contributed by atoms with E-state index in [4.69, 9.17) is 5.73 Å². The normalized spacial score (nSPS) is 15.8. The number of nitrogens with two attached hydrogens (primary N) is 1. The first-order chi connectivity index (χ1) is 8.89. The van der Waals surface area contributed by atoms with E-state index in [0.717, 1.165) is 5.69 Å². The first kappa shape index (κ1) is 16.6. The third kappa shape index (κ3) is 3.55. The van der Waals surface area contributed by atoms with Crippen LogP contribution in [0.4, 0.5) is 5.69 Å². The van der Waals surface area contributed by atoms with E-state index in [-0.39, 0.29) is 24.1 Å². The van der Waals surface area contributed by atoms with Gasteiger partial charge in [0, 0.05) is 26.2 Å². The highest BCUT2D eigenvalue weighted by atomic mass is 35.5. The lowest BCUT2D eigenvalue weighted by Gasteiger charge is -2.38. The lowest BCUT2D eigenvalue weighted by atomic mass is 10.0. The molecule has 3 N–H and O–H groups in total. The van der Waals surface area contributed by atoms with E-state index in [9.17, 15) is 9.90 Å². The van der Waals surface area contributed by atoms with Gasteiger partial charge in [0.1, 0.15) is 5.75 Å². The maximum atomic E-state index is 12.1. The average molecular weight is 300 g/mol. The number of piperazine rings is 1. The molecule has 1 amide bonds. The van der Waals surface area contributed by atoms with E-state index in [1.165, 1.54) is 0 Å². The fraction of sp³-hybridized carbons (Fsp3) is 0.500. The third-order valence-corrected chi connectivity index (χ3v) is 3.34. The number of phenols is 1. The first-order valence-corrected chi connectivity index (χ1v) is 6.51. The minimum absolute atomic E-state index is 0. The summed E-state index contributed by atoms with van der Waals surface area (Å²) in [5.74, 6) is 0.255. The number of benzene rings is 1. The molecular formula is C14H22ClN3O2. The molecule has 1 aromatic carbocycles. The van der Waals surface area contributed by atoms with Gasteiger partial charge in [-0.3, -0.25) is 4.79 Å². The molecule has 112 valence electrons. The Hall–Kier alpha value is -1.46. The molecule has 1 saturated heterocycles. The van der Waals surface area contributed by atoms with Crippen LogP contribution in [0.1, 0.15) is 13.8 Å². The molecule has 0 bridgehead atoms. The van der Waals surface area contributed by atoms with Crippen molar-refractivity contribution in [3.05, 3.63) is 24.3 Å². The second-order valence-electron chi connectivity index (χ2n) is 5.49. The van der Waals surface area contributed by atoms with E-state index in [2.05, 4.69) is 4.90 Å². The zero-order valence-electron chi connectivity index (χ0n) is 11.9. The fourth-order valence-electron chi connectivity index (χ4n) is 2.29. The van der Waals surface area contributed by atoms with Gasteiger partial charge in [-0.2, -0.15) is 0 Å². The Bertz CT molecular complexity index is 466. The number of para-hydroxylation sites is 2. The quantitative estimate of drug-likeness (QED) is 0.861. The molecule has 0 unspecified atom stereocenters. The zero-order valence-corrected chi connectivity index (χ0v) is 12.7. The number of aromatic hydroxyl groups is 1. The SMILES string of the molecule is CC(C)(N)C(=O)N1CCN(c2ccccc2O)CC1.Cl. The summed E-state index contributed by atoms with van der Waals surface area (Å²) < 4.78 is 0. The smallest absolute Gasteiger partial charge is 0.242 e. The molecule has 2 rings (SSSR count). The summed E-state index contributed by atoms with van der Waals surface area (Å²) in [6, 6.07) is 7.26. The Kier molecular flexibility index (Phi) is 5.25. The van der Waals surface area contributed by atoms with Crippen LogP contribution in [0.15, 0.2) is 24.3 Å². The van der Waals surface area contributed by atoms with E-state index in [1.807, 2.05) is 12.1 Å². The Labute approximate surface area is 125 Å². The predicted octanol–water partition coefficient (Wildman–Crippen LogP) is 1.20. The molecule has 6 heteroatoms. The topological polar surface area (TPSA) is 69.8 Å². The minimum Gasteiger partial charge on any atom is -0.506 e. The van der Waals surface area contributed by atoms with Gasteiger partial charge in [-0.25, -0.2) is 0 Å². The van der Waals surface area contributed by atoms with Crippen molar-refractivity contribution in [2.75, 3.05) is 31.1 Å². The number of hydrogen-bond donors (Lipinski definition) is 2. The molecule has 5 nitrogen and oxygen atoms in total. The van der Waals surface area contributed by atoms with Crippen molar-refractivity contribution in [1.82, 2.24) is 4.90 Å². The highest BCUT2D eigenvalue weighted by Crippen LogP contribution is 2.27. The minimum atomic E-state index is -0.822. The van der Waals surface area contributed by atoms with Crippen molar-refractivity contribution in [2.45, 2.75) is 19.4 Å². The second kappa shape index (κ2) is 6.33. The van der Waals surface area contributed by atoms with Gasteiger partial charge < -0.3 is 20.6 Å². The summed E-state index contributed by atoms with van der Waals surface area (Å²) in [4.78, 5) is 15.9. The number of rotatable bonds is 2. The molecule has 1 aliphatic rings. The molecule has 0 spiro atoms. The number of carbonyl (C=O) groups excluding carboxylic acids is 1. The van der Waals surface area contributed by atoms with Crippen LogP contribution in [0.5, 0.6) is 5.75 Å². The number of hydrogen-bond acceptors (Lipinski definition) is 4. The summed E-state index contributed by atoms with van der Waals surface area (Å²) in [5.41, 5.74) is 5.83. The zero-order chi connectivity index (χ0) is 14.0. The van der Waals surface area contributed by atoms with E-state index < -0.39 is 5.54 Å². The van der Waals surface area contributed by atoms with Crippen molar-refractivity contribution in [1.29, 1.82) is 0 Å². The van der Waals surface area contributed by atoms with Crippen LogP contribution in [0.2, 0.25) is 0 Å². The van der Waals surface area contributed by atoms with Gasteiger partial charge in [0.25, 0.3) is 0 Å². The largest absolute Gasteiger partial charge is 0.506 e. The van der Waals surface area contributed by atoms with Gasteiger partial charge in [0.15, 0.2) is 0 Å². The number of halogens is 1. The fourth-order valence-corrected chi connectivity index (χ4v) is 2.29. The van der Waals surface area contributed by atoms with Crippen LogP contribution in [0.3, 0.4) is 0 Å². The molecule has 1 fully saturated rings. The van der Waals surface area contributed by atoms with Gasteiger partial charge in [0.2, 0.25) is 5.91 Å². The van der Waals surface area contributed by atoms with E-state index in [1.54, 1.807) is 30.9 Å². The summed E-state index contributed by atoms with van der Waals surface area (Å²) >= 11 is 0. The highest BCUT2D eigenvalue weighted by molar-refractivity contribution is 5.85. The van der Waals surface area contributed by atoms with Gasteiger partial charge in [-0.1, -0.05) is 12.1 Å². The molecule has 1 aromatic rings. The predicted molar refractivity (Wildman–Crippen MR) is 82.4 cm³/mol. The van der Waals surface area contributed by atoms with Crippen molar-refractivity contribution >= 4 is 24.0 Å². The van der Waals surface area contributed by atoms with E-state index in [0.29, 0.717) is 26.2 Å². The molecule has 0 radical (unpaired) electrons. The molecule has 0 aliphatic carbocycles. The number of anilines is 1. The van der Waals surface area contributed by atoms with Crippen LogP contribution >= 0.6 is 12.4 Å². The molecule has 1 heterocycles. The Morgan fingerprint density at radius 1 is 1.20 bits per heavy atom. The molecule has 1 aliphatic heterocycles. The number of carbonyl (C=O) groups is 1. The lowest BCUT2D eigenvalue weighted by molar-refractivity contribution is -0.136. The Morgan fingerprint density at radius 2 is 1.75 bits per heavy atom. The summed E-state index contributed by atoms with van der Waals surface area (Å²) in [6.07, 6.45) is 0. The van der Waals surface area contributed by atoms with Crippen molar-refractivity contribution in [2.24, 2.45) is 5.73 Å². The summed E-state index contributed by atoms with van der Waals surface area (Å²) in [5, 5.41) is 9.82. The van der Waals surface area contributed by atoms with Crippen LogP contribution in [-0.4, -0.2) is 47.6 Å². The molecular weight excluding hydrogens is 278 g/mol. The third-order valence-electron chi connectivity index (χ3n) is 3.34. The number of amides is 1. The number of nitrogens with zero attached hydrogens (tertiary/aromatic N) is 2. The van der Waals surface area contributed by atoms with Crippen molar-refractivity contribution in [3.63, 3.8) is 0 Å². The lowest BCUT2D eigenvalue weighted by Crippen LogP contribution is -2.57. The van der Waals surface area contributed by atoms with E-state index >= 15 is 0 Å². The highest BCUT2D eigenvalue weighted by Gasteiger charge is 2.30. The summed E-state index contributed by atoms with van der Waals surface area (Å²) in [6.45, 7) is 6.13. The summed E-state index contributed by atoms with van der Waals surface area (Å²) in [7, 11) is 0. The maximum Gasteiger partial charge on any atom is 0.242 e. The standard InChI is InChI=1S/C14H21N3O2.ClH/c1-14(2,15)13(19)17-9-7-16(8-10-17)11-5-3-4-6-12(11)18;/h3-6,18H,7-10,15H2,1-2H3;1H. The van der Waals surface area contributed by atoms with Crippen molar-refractivity contribution in [3.8, 4) is 5.75 Å². The van der Waals surface area contributed by atoms with Crippen LogP contribution in [0.25, 0.3) is 0 Å². The number of phenolic OH excluding ortho intramolecular Hbond substituents is 1. The monoisotopic (exact) mass is 299 g/mol. The average Bonchev–Trinajstić information content (AvgIpc) is 2.38. The Balaban J connectivity index is 0.00000200. The van der Waals surface area contributed by atoms with Crippen molar-refractivity contribution < 1.29 is 9.90 Å². The van der Waals surface area contributed by atoms with Gasteiger partial charge >= 0.3 is 0 Å². The van der Waals surface area contributed by atoms with Gasteiger partial charge in [-0.15, -0.1) is 12.4 Å². The van der Waals surface area contributed by atoms with Crippen LogP contribution in [0, 0.1) is 0 Å². The van der Waals surface area contributed by atoms with Gasteiger partial charge in [-0.05, 0) is 26.0 Å². The van der Waals surface area contributed by atoms with Gasteiger partial charge in [0.05, 0.1) is 11.2 Å². The van der Waals surface area contributed by atoms with Crippen LogP contribution < -0.4 is 10.6 Å². The van der Waals surface area contributed by atoms with Crippen LogP contribution in [-0.2, 0) is 4.79 Å². The molecule has 0 aromatic heterocycles. The maximum absolute atomic E-state index is 12.1. The Morgan fingerprint density at radius 3 is 2.25 bits per heavy atom. The second-order valence-corrected chi connectivity index (χ2v) is 5.49.